The molecule has 6 nitrogen and oxygen atoms in total. The molecule has 1 aliphatic heterocycles. The van der Waals surface area contributed by atoms with Gasteiger partial charge in [-0.2, -0.15) is 11.8 Å². The summed E-state index contributed by atoms with van der Waals surface area (Å²) in [4.78, 5) is 37.1. The molecule has 26 heavy (non-hydrogen) atoms. The molecule has 1 saturated heterocycles. The van der Waals surface area contributed by atoms with Crippen molar-refractivity contribution in [2.24, 2.45) is 0 Å². The molecule has 0 aromatic heterocycles. The first kappa shape index (κ1) is 20.6. The maximum absolute atomic E-state index is 12.6. The van der Waals surface area contributed by atoms with Gasteiger partial charge in [0.15, 0.2) is 0 Å². The molecule has 0 radical (unpaired) electrons. The number of thioether (sulfide) groups is 2. The number of hydrogen-bond acceptors (Lipinski definition) is 6. The molecule has 1 aromatic carbocycles. The number of carbonyl (C=O) groups is 3. The second kappa shape index (κ2) is 9.32. The van der Waals surface area contributed by atoms with Crippen molar-refractivity contribution in [3.8, 4) is 0 Å². The van der Waals surface area contributed by atoms with E-state index in [0.717, 1.165) is 11.3 Å². The highest BCUT2D eigenvalue weighted by Gasteiger charge is 2.43. The molecule has 0 bridgehead atoms. The highest BCUT2D eigenvalue weighted by atomic mass is 32.2. The van der Waals surface area contributed by atoms with Crippen molar-refractivity contribution in [1.29, 1.82) is 0 Å². The average Bonchev–Trinajstić information content (AvgIpc) is 2.95. The summed E-state index contributed by atoms with van der Waals surface area (Å²) in [6, 6.07) is 8.57. The van der Waals surface area contributed by atoms with Gasteiger partial charge in [0.25, 0.3) is 0 Å². The minimum Gasteiger partial charge on any atom is -0.467 e. The maximum Gasteiger partial charge on any atom is 0.329 e. The van der Waals surface area contributed by atoms with E-state index in [2.05, 4.69) is 5.32 Å². The Kier molecular flexibility index (Phi) is 7.40. The third-order valence-corrected chi connectivity index (χ3v) is 6.67. The number of esters is 1. The fourth-order valence-electron chi connectivity index (χ4n) is 2.66. The Hall–Kier alpha value is -1.67. The molecule has 1 aromatic rings. The summed E-state index contributed by atoms with van der Waals surface area (Å²) in [6.45, 7) is 3.79. The molecule has 2 rings (SSSR count). The zero-order valence-corrected chi connectivity index (χ0v) is 16.8. The lowest BCUT2D eigenvalue weighted by molar-refractivity contribution is -0.145. The van der Waals surface area contributed by atoms with Crippen molar-refractivity contribution >= 4 is 41.8 Å². The lowest BCUT2D eigenvalue weighted by atomic mass is 10.2. The fraction of sp³-hybridized carbons (Fsp3) is 0.500. The van der Waals surface area contributed by atoms with E-state index in [0.29, 0.717) is 17.9 Å². The number of methoxy groups -OCH3 is 1. The van der Waals surface area contributed by atoms with Crippen molar-refractivity contribution in [1.82, 2.24) is 10.2 Å². The van der Waals surface area contributed by atoms with E-state index in [4.69, 9.17) is 4.74 Å². The van der Waals surface area contributed by atoms with Gasteiger partial charge in [0.1, 0.15) is 12.1 Å². The van der Waals surface area contributed by atoms with Crippen LogP contribution < -0.4 is 5.32 Å². The summed E-state index contributed by atoms with van der Waals surface area (Å²) in [6.07, 6.45) is 0.696. The quantitative estimate of drug-likeness (QED) is 0.534. The minimum atomic E-state index is -0.747. The lowest BCUT2D eigenvalue weighted by Gasteiger charge is -2.30. The zero-order valence-electron chi connectivity index (χ0n) is 15.1. The predicted molar refractivity (Wildman–Crippen MR) is 105 cm³/mol. The number of benzene rings is 1. The van der Waals surface area contributed by atoms with Crippen LogP contribution in [0.3, 0.4) is 0 Å². The summed E-state index contributed by atoms with van der Waals surface area (Å²) >= 11 is 3.08. The van der Waals surface area contributed by atoms with Crippen LogP contribution in [0.25, 0.3) is 0 Å². The Morgan fingerprint density at radius 1 is 1.42 bits per heavy atom. The van der Waals surface area contributed by atoms with Crippen LogP contribution in [0.4, 0.5) is 0 Å². The topological polar surface area (TPSA) is 75.7 Å². The van der Waals surface area contributed by atoms with Gasteiger partial charge in [0.2, 0.25) is 12.3 Å². The molecule has 0 spiro atoms. The van der Waals surface area contributed by atoms with Gasteiger partial charge in [-0.25, -0.2) is 4.79 Å². The molecule has 1 heterocycles. The monoisotopic (exact) mass is 396 g/mol. The zero-order chi connectivity index (χ0) is 19.2. The van der Waals surface area contributed by atoms with Crippen molar-refractivity contribution in [3.63, 3.8) is 0 Å². The summed E-state index contributed by atoms with van der Waals surface area (Å²) in [5.41, 5.74) is 1.15. The molecule has 1 aliphatic rings. The molecule has 142 valence electrons. The van der Waals surface area contributed by atoms with Crippen LogP contribution in [0.2, 0.25) is 0 Å². The van der Waals surface area contributed by atoms with Gasteiger partial charge in [-0.05, 0) is 19.4 Å². The van der Waals surface area contributed by atoms with Crippen molar-refractivity contribution in [3.05, 3.63) is 35.9 Å². The van der Waals surface area contributed by atoms with E-state index in [1.54, 1.807) is 11.8 Å². The molecular weight excluding hydrogens is 372 g/mol. The number of rotatable bonds is 8. The fourth-order valence-corrected chi connectivity index (χ4v) is 4.86. The average molecular weight is 397 g/mol. The molecule has 1 fully saturated rings. The Bertz CT molecular complexity index is 639. The summed E-state index contributed by atoms with van der Waals surface area (Å²) in [7, 11) is 1.30. The molecule has 8 heteroatoms. The van der Waals surface area contributed by atoms with Gasteiger partial charge in [0.05, 0.1) is 12.0 Å². The van der Waals surface area contributed by atoms with Crippen LogP contribution in [0.1, 0.15) is 19.4 Å². The van der Waals surface area contributed by atoms with Gasteiger partial charge in [0, 0.05) is 17.3 Å². The number of ether oxygens (including phenoxy) is 1. The first-order valence-corrected chi connectivity index (χ1v) is 10.4. The Labute approximate surface area is 162 Å². The minimum absolute atomic E-state index is 0.328. The third-order valence-electron chi connectivity index (χ3n) is 4.17. The van der Waals surface area contributed by atoms with Crippen LogP contribution in [0, 0.1) is 0 Å². The highest BCUT2D eigenvalue weighted by Crippen LogP contribution is 2.37. The number of hydrogen-bond donors (Lipinski definition) is 1. The van der Waals surface area contributed by atoms with Gasteiger partial charge < -0.3 is 15.0 Å². The van der Waals surface area contributed by atoms with Crippen LogP contribution in [-0.2, 0) is 24.9 Å². The Morgan fingerprint density at radius 2 is 2.12 bits per heavy atom. The second-order valence-electron chi connectivity index (χ2n) is 6.37. The second-order valence-corrected chi connectivity index (χ2v) is 9.02. The molecule has 0 aliphatic carbocycles. The number of amides is 2. The van der Waals surface area contributed by atoms with Crippen molar-refractivity contribution in [2.45, 2.75) is 36.6 Å². The van der Waals surface area contributed by atoms with Crippen LogP contribution >= 0.6 is 23.5 Å². The van der Waals surface area contributed by atoms with E-state index in [-0.39, 0.29) is 5.91 Å². The van der Waals surface area contributed by atoms with Gasteiger partial charge in [-0.15, -0.1) is 11.8 Å². The number of nitrogens with zero attached hydrogens (tertiary/aromatic N) is 1. The lowest BCUT2D eigenvalue weighted by Crippen LogP contribution is -2.53. The first-order valence-electron chi connectivity index (χ1n) is 8.26. The molecular formula is C18H24N2O4S2. The highest BCUT2D eigenvalue weighted by molar-refractivity contribution is 8.00. The smallest absolute Gasteiger partial charge is 0.329 e. The Balaban J connectivity index is 1.95. The number of nitrogens with one attached hydrogen (secondary N) is 1. The summed E-state index contributed by atoms with van der Waals surface area (Å²) < 4.78 is 4.82. The van der Waals surface area contributed by atoms with Crippen LogP contribution in [0.5, 0.6) is 0 Å². The van der Waals surface area contributed by atoms with E-state index < -0.39 is 22.9 Å². The predicted octanol–water partition coefficient (Wildman–Crippen LogP) is 1.89. The van der Waals surface area contributed by atoms with Gasteiger partial charge in [-0.1, -0.05) is 30.3 Å². The first-order chi connectivity index (χ1) is 12.4. The van der Waals surface area contributed by atoms with Crippen molar-refractivity contribution < 1.29 is 19.1 Å². The van der Waals surface area contributed by atoms with Crippen LogP contribution in [0.15, 0.2) is 30.3 Å². The molecule has 2 unspecified atom stereocenters. The standard InChI is InChI=1S/C18H24N2O4S2/c1-18(2)20(12-21)15(11-26-18)16(22)19-14(17(23)24-3)10-25-9-13-7-5-4-6-8-13/h4-8,12,14-15H,9-11H2,1-3H3,(H,19,22). The molecule has 0 saturated carbocycles. The normalized spacial score (nSPS) is 19.7. The number of carbonyl (C=O) groups excluding carboxylic acids is 3. The van der Waals surface area contributed by atoms with E-state index in [1.165, 1.54) is 23.8 Å². The summed E-state index contributed by atoms with van der Waals surface area (Å²) in [5.74, 6) is 0.824. The van der Waals surface area contributed by atoms with Crippen LogP contribution in [-0.4, -0.2) is 58.8 Å². The SMILES string of the molecule is COC(=O)C(CSCc1ccccc1)NC(=O)C1CSC(C)(C)N1C=O. The molecule has 1 N–H and O–H groups in total. The maximum atomic E-state index is 12.6. The van der Waals surface area contributed by atoms with Crippen molar-refractivity contribution in [2.75, 3.05) is 18.6 Å². The Morgan fingerprint density at radius 3 is 2.73 bits per heavy atom. The van der Waals surface area contributed by atoms with Gasteiger partial charge in [-0.3, -0.25) is 9.59 Å². The van der Waals surface area contributed by atoms with E-state index in [9.17, 15) is 14.4 Å². The van der Waals surface area contributed by atoms with E-state index in [1.807, 2.05) is 44.2 Å². The molecule has 2 amide bonds. The largest absolute Gasteiger partial charge is 0.467 e. The summed E-state index contributed by atoms with van der Waals surface area (Å²) in [5, 5.41) is 2.75. The third kappa shape index (κ3) is 5.17. The van der Waals surface area contributed by atoms with Gasteiger partial charge >= 0.3 is 5.97 Å². The van der Waals surface area contributed by atoms with E-state index >= 15 is 0 Å². The molecule has 2 atom stereocenters.